The zero-order chi connectivity index (χ0) is 12.5. The number of H-pyrrole nitrogens is 1. The van der Waals surface area contributed by atoms with E-state index in [0.717, 1.165) is 16.6 Å². The largest absolute Gasteiger partial charge is 0.359 e. The highest BCUT2D eigenvalue weighted by Gasteiger charge is 2.14. The van der Waals surface area contributed by atoms with E-state index in [4.69, 9.17) is 5.84 Å². The fraction of sp³-hybridized carbons (Fsp3) is 0. The van der Waals surface area contributed by atoms with Crippen molar-refractivity contribution in [3.05, 3.63) is 48.4 Å². The lowest BCUT2D eigenvalue weighted by atomic mass is 10.2. The van der Waals surface area contributed by atoms with Crippen molar-refractivity contribution in [2.24, 2.45) is 5.84 Å². The van der Waals surface area contributed by atoms with Gasteiger partial charge in [-0.15, -0.1) is 0 Å². The molecule has 2 heterocycles. The molecule has 0 aliphatic carbocycles. The number of carbonyl (C=O) groups excluding carboxylic acids is 1. The Balaban J connectivity index is 2.21. The van der Waals surface area contributed by atoms with Gasteiger partial charge >= 0.3 is 0 Å². The Labute approximate surface area is 102 Å². The summed E-state index contributed by atoms with van der Waals surface area (Å²) in [6.45, 7) is 0. The zero-order valence-electron chi connectivity index (χ0n) is 9.42. The van der Waals surface area contributed by atoms with Gasteiger partial charge < -0.3 is 4.98 Å². The van der Waals surface area contributed by atoms with E-state index in [-0.39, 0.29) is 5.91 Å². The van der Waals surface area contributed by atoms with E-state index in [1.807, 2.05) is 30.5 Å². The molecule has 0 atom stereocenters. The summed E-state index contributed by atoms with van der Waals surface area (Å²) in [5.74, 6) is 4.77. The molecule has 90 valence electrons. The van der Waals surface area contributed by atoms with Crippen LogP contribution in [0.15, 0.2) is 42.7 Å². The van der Waals surface area contributed by atoms with Crippen molar-refractivity contribution >= 4 is 16.8 Å². The van der Waals surface area contributed by atoms with Crippen LogP contribution in [-0.2, 0) is 0 Å². The van der Waals surface area contributed by atoms with Crippen LogP contribution in [0, 0.1) is 0 Å². The Kier molecular flexibility index (Phi) is 2.35. The number of hydrazine groups is 1. The smallest absolute Gasteiger partial charge is 0.283 e. The lowest BCUT2D eigenvalue weighted by Gasteiger charge is -2.04. The molecule has 3 rings (SSSR count). The normalized spacial score (nSPS) is 10.7. The Morgan fingerprint density at radius 2 is 2.17 bits per heavy atom. The number of nitrogens with one attached hydrogen (secondary N) is 2. The van der Waals surface area contributed by atoms with Gasteiger partial charge in [0.25, 0.3) is 5.91 Å². The van der Waals surface area contributed by atoms with Crippen molar-refractivity contribution in [3.63, 3.8) is 0 Å². The molecule has 0 fully saturated rings. The Bertz CT molecular complexity index is 712. The molecule has 0 saturated carbocycles. The number of benzene rings is 1. The van der Waals surface area contributed by atoms with Crippen LogP contribution in [-0.4, -0.2) is 20.7 Å². The van der Waals surface area contributed by atoms with Gasteiger partial charge in [-0.2, -0.15) is 5.10 Å². The molecule has 0 spiro atoms. The number of hydrogen-bond acceptors (Lipinski definition) is 3. The average molecular weight is 241 g/mol. The number of aromatic amines is 1. The van der Waals surface area contributed by atoms with Gasteiger partial charge in [-0.25, -0.2) is 10.5 Å². The number of nitrogens with zero attached hydrogens (tertiary/aromatic N) is 2. The molecule has 6 nitrogen and oxygen atoms in total. The summed E-state index contributed by atoms with van der Waals surface area (Å²) in [5, 5.41) is 5.15. The average Bonchev–Trinajstić information content (AvgIpc) is 3.03. The van der Waals surface area contributed by atoms with E-state index < -0.39 is 0 Å². The number of para-hydroxylation sites is 1. The van der Waals surface area contributed by atoms with Crippen LogP contribution in [0.5, 0.6) is 0 Å². The minimum atomic E-state index is -0.377. The molecule has 0 bridgehead atoms. The highest BCUT2D eigenvalue weighted by atomic mass is 16.2. The molecule has 18 heavy (non-hydrogen) atoms. The second-order valence-corrected chi connectivity index (χ2v) is 3.82. The van der Waals surface area contributed by atoms with Gasteiger partial charge in [0.05, 0.1) is 11.9 Å². The van der Waals surface area contributed by atoms with Crippen molar-refractivity contribution < 1.29 is 4.79 Å². The number of aromatic nitrogens is 3. The van der Waals surface area contributed by atoms with Crippen molar-refractivity contribution in [1.82, 2.24) is 20.2 Å². The van der Waals surface area contributed by atoms with E-state index in [9.17, 15) is 4.79 Å². The number of nitrogens with two attached hydrogens (primary N) is 1. The first-order valence-electron chi connectivity index (χ1n) is 5.42. The fourth-order valence-corrected chi connectivity index (χ4v) is 1.97. The monoisotopic (exact) mass is 241 g/mol. The Morgan fingerprint density at radius 1 is 1.33 bits per heavy atom. The van der Waals surface area contributed by atoms with Gasteiger partial charge in [0.15, 0.2) is 0 Å². The van der Waals surface area contributed by atoms with Crippen molar-refractivity contribution in [2.75, 3.05) is 0 Å². The maximum Gasteiger partial charge on any atom is 0.283 e. The molecular formula is C12H11N5O. The van der Waals surface area contributed by atoms with Gasteiger partial charge in [-0.05, 0) is 12.1 Å². The number of rotatable bonds is 2. The van der Waals surface area contributed by atoms with Crippen LogP contribution in [0.3, 0.4) is 0 Å². The molecule has 6 heteroatoms. The lowest BCUT2D eigenvalue weighted by Crippen LogP contribution is -2.31. The molecule has 0 unspecified atom stereocenters. The first-order chi connectivity index (χ1) is 8.81. The number of hydrogen-bond donors (Lipinski definition) is 3. The predicted molar refractivity (Wildman–Crippen MR) is 67.1 cm³/mol. The summed E-state index contributed by atoms with van der Waals surface area (Å²) < 4.78 is 1.56. The van der Waals surface area contributed by atoms with Gasteiger partial charge in [-0.1, -0.05) is 18.2 Å². The summed E-state index contributed by atoms with van der Waals surface area (Å²) >= 11 is 0. The third kappa shape index (κ3) is 1.47. The number of amides is 1. The van der Waals surface area contributed by atoms with Crippen LogP contribution in [0.2, 0.25) is 0 Å². The Hall–Kier alpha value is -2.60. The fourth-order valence-electron chi connectivity index (χ4n) is 1.97. The van der Waals surface area contributed by atoms with E-state index in [1.54, 1.807) is 16.9 Å². The molecule has 0 saturated heterocycles. The van der Waals surface area contributed by atoms with Crippen LogP contribution in [0.25, 0.3) is 16.6 Å². The molecule has 1 aromatic carbocycles. The minimum Gasteiger partial charge on any atom is -0.359 e. The molecule has 0 radical (unpaired) electrons. The topological polar surface area (TPSA) is 88.7 Å². The van der Waals surface area contributed by atoms with Crippen molar-refractivity contribution in [1.29, 1.82) is 0 Å². The van der Waals surface area contributed by atoms with Crippen molar-refractivity contribution in [3.8, 4) is 5.69 Å². The van der Waals surface area contributed by atoms with Crippen LogP contribution < -0.4 is 11.3 Å². The highest BCUT2D eigenvalue weighted by Crippen LogP contribution is 2.22. The third-order valence-corrected chi connectivity index (χ3v) is 2.80. The molecule has 0 aliphatic rings. The summed E-state index contributed by atoms with van der Waals surface area (Å²) in [5.41, 5.74) is 4.30. The minimum absolute atomic E-state index is 0.377. The number of fused-ring (bicyclic) bond motifs is 1. The summed E-state index contributed by atoms with van der Waals surface area (Å²) in [6, 6.07) is 9.42. The quantitative estimate of drug-likeness (QED) is 0.354. The van der Waals surface area contributed by atoms with Gasteiger partial charge in [0.1, 0.15) is 5.69 Å². The van der Waals surface area contributed by atoms with Crippen LogP contribution >= 0.6 is 0 Å². The molecule has 4 N–H and O–H groups in total. The Morgan fingerprint density at radius 3 is 3.00 bits per heavy atom. The summed E-state index contributed by atoms with van der Waals surface area (Å²) in [7, 11) is 0. The predicted octanol–water partition coefficient (Wildman–Crippen LogP) is 0.957. The molecular weight excluding hydrogens is 230 g/mol. The highest BCUT2D eigenvalue weighted by molar-refractivity contribution is 5.94. The summed E-state index contributed by atoms with van der Waals surface area (Å²) in [4.78, 5) is 14.8. The first-order valence-corrected chi connectivity index (χ1v) is 5.42. The van der Waals surface area contributed by atoms with Gasteiger partial charge in [-0.3, -0.25) is 10.2 Å². The maximum atomic E-state index is 11.6. The third-order valence-electron chi connectivity index (χ3n) is 2.80. The second-order valence-electron chi connectivity index (χ2n) is 3.82. The standard InChI is InChI=1S/C12H11N5O/c13-16-12(18)10-5-6-15-17(10)11-7-14-9-4-2-1-3-8(9)11/h1-7,14H,13H2,(H,16,18). The zero-order valence-corrected chi connectivity index (χ0v) is 9.42. The van der Waals surface area contributed by atoms with Crippen LogP contribution in [0.4, 0.5) is 0 Å². The van der Waals surface area contributed by atoms with E-state index in [2.05, 4.69) is 15.5 Å². The lowest BCUT2D eigenvalue weighted by molar-refractivity contribution is 0.0946. The molecule has 3 aromatic rings. The number of carbonyl (C=O) groups is 1. The first kappa shape index (κ1) is 10.5. The van der Waals surface area contributed by atoms with Gasteiger partial charge in [0, 0.05) is 17.1 Å². The van der Waals surface area contributed by atoms with E-state index >= 15 is 0 Å². The SMILES string of the molecule is NNC(=O)c1ccnn1-c1c[nH]c2ccccc12. The van der Waals surface area contributed by atoms with Gasteiger partial charge in [0.2, 0.25) is 0 Å². The molecule has 1 amide bonds. The number of nitrogen functional groups attached to an aromatic ring is 1. The molecule has 0 aliphatic heterocycles. The summed E-state index contributed by atoms with van der Waals surface area (Å²) in [6.07, 6.45) is 3.37. The maximum absolute atomic E-state index is 11.6. The molecule has 2 aromatic heterocycles. The van der Waals surface area contributed by atoms with Crippen molar-refractivity contribution in [2.45, 2.75) is 0 Å². The van der Waals surface area contributed by atoms with Crippen LogP contribution in [0.1, 0.15) is 10.5 Å². The van der Waals surface area contributed by atoms with E-state index in [0.29, 0.717) is 5.69 Å². The second kappa shape index (κ2) is 4.01. The van der Waals surface area contributed by atoms with E-state index in [1.165, 1.54) is 0 Å².